The van der Waals surface area contributed by atoms with Crippen LogP contribution < -0.4 is 5.32 Å². The van der Waals surface area contributed by atoms with Gasteiger partial charge in [0.2, 0.25) is 5.91 Å². The summed E-state index contributed by atoms with van der Waals surface area (Å²) in [5.41, 5.74) is 5.30. The number of aryl methyl sites for hydroxylation is 2. The normalized spacial score (nSPS) is 11.6. The first kappa shape index (κ1) is 23.4. The van der Waals surface area contributed by atoms with Gasteiger partial charge >= 0.3 is 0 Å². The Morgan fingerprint density at radius 2 is 1.57 bits per heavy atom. The van der Waals surface area contributed by atoms with Crippen LogP contribution in [0.5, 0.6) is 0 Å². The van der Waals surface area contributed by atoms with Crippen LogP contribution in [0.4, 0.5) is 5.82 Å². The summed E-state index contributed by atoms with van der Waals surface area (Å²) in [5.74, 6) is 1.03. The summed E-state index contributed by atoms with van der Waals surface area (Å²) in [7, 11) is 0. The molecule has 0 aliphatic carbocycles. The third kappa shape index (κ3) is 6.06. The van der Waals surface area contributed by atoms with Gasteiger partial charge in [-0.2, -0.15) is 5.10 Å². The number of nitrogens with zero attached hydrogens (tertiary/aromatic N) is 2. The lowest BCUT2D eigenvalue weighted by Gasteiger charge is -2.15. The molecule has 4 heteroatoms. The number of hydrogen-bond acceptors (Lipinski definition) is 2. The first-order valence-corrected chi connectivity index (χ1v) is 10.9. The Morgan fingerprint density at radius 3 is 2.13 bits per heavy atom. The summed E-state index contributed by atoms with van der Waals surface area (Å²) >= 11 is 0. The average molecular weight is 406 g/mol. The van der Waals surface area contributed by atoms with Crippen molar-refractivity contribution in [1.82, 2.24) is 9.78 Å². The minimum atomic E-state index is -0.241. The van der Waals surface area contributed by atoms with Gasteiger partial charge in [-0.3, -0.25) is 4.79 Å². The number of benzene rings is 2. The van der Waals surface area contributed by atoms with Crippen LogP contribution in [-0.4, -0.2) is 15.7 Å². The number of carbonyl (C=O) groups excluding carboxylic acids is 1. The molecule has 1 unspecified atom stereocenters. The van der Waals surface area contributed by atoms with Crippen LogP contribution in [0.2, 0.25) is 0 Å². The molecular formula is C26H35N3O. The van der Waals surface area contributed by atoms with E-state index in [-0.39, 0.29) is 11.8 Å². The standard InChI is InChI=1S/C24H29N3O.C2H6/c1-16(2)14-20-8-10-21(11-9-20)19(5)24(28)25-23-15-18(4)26-27(23)22-12-6-17(3)7-13-22;1-2/h6-13,15-16,19H,14H2,1-5H3,(H,25,28);1-2H3. The predicted octanol–water partition coefficient (Wildman–Crippen LogP) is 6.46. The van der Waals surface area contributed by atoms with Crippen LogP contribution >= 0.6 is 0 Å². The molecular weight excluding hydrogens is 370 g/mol. The van der Waals surface area contributed by atoms with Crippen molar-refractivity contribution in [1.29, 1.82) is 0 Å². The number of nitrogens with one attached hydrogen (secondary N) is 1. The molecule has 4 nitrogen and oxygen atoms in total. The molecule has 0 radical (unpaired) electrons. The average Bonchev–Trinajstić information content (AvgIpc) is 3.09. The number of anilines is 1. The van der Waals surface area contributed by atoms with E-state index in [0.29, 0.717) is 11.7 Å². The lowest BCUT2D eigenvalue weighted by molar-refractivity contribution is -0.117. The summed E-state index contributed by atoms with van der Waals surface area (Å²) in [6.45, 7) is 14.3. The summed E-state index contributed by atoms with van der Waals surface area (Å²) in [6.07, 6.45) is 1.05. The molecule has 3 aromatic rings. The van der Waals surface area contributed by atoms with Crippen molar-refractivity contribution >= 4 is 11.7 Å². The quantitative estimate of drug-likeness (QED) is 0.512. The van der Waals surface area contributed by atoms with Crippen molar-refractivity contribution in [2.75, 3.05) is 5.32 Å². The molecule has 0 spiro atoms. The zero-order valence-corrected chi connectivity index (χ0v) is 19.4. The van der Waals surface area contributed by atoms with Crippen LogP contribution in [0, 0.1) is 19.8 Å². The third-order valence-electron chi connectivity index (χ3n) is 4.88. The fraction of sp³-hybridized carbons (Fsp3) is 0.385. The van der Waals surface area contributed by atoms with Crippen LogP contribution in [-0.2, 0) is 11.2 Å². The molecule has 3 rings (SSSR count). The van der Waals surface area contributed by atoms with Gasteiger partial charge in [0.05, 0.1) is 17.3 Å². The summed E-state index contributed by atoms with van der Waals surface area (Å²) in [5, 5.41) is 7.59. The Morgan fingerprint density at radius 1 is 0.967 bits per heavy atom. The molecule has 0 saturated heterocycles. The maximum Gasteiger partial charge on any atom is 0.232 e. The second-order valence-corrected chi connectivity index (χ2v) is 7.97. The first-order valence-electron chi connectivity index (χ1n) is 10.9. The van der Waals surface area contributed by atoms with Gasteiger partial charge in [0, 0.05) is 6.07 Å². The van der Waals surface area contributed by atoms with Crippen molar-refractivity contribution in [2.45, 2.75) is 60.8 Å². The highest BCUT2D eigenvalue weighted by atomic mass is 16.2. The summed E-state index contributed by atoms with van der Waals surface area (Å²) in [4.78, 5) is 12.9. The second kappa shape index (κ2) is 10.8. The van der Waals surface area contributed by atoms with E-state index in [1.165, 1.54) is 11.1 Å². The van der Waals surface area contributed by atoms with Gasteiger partial charge in [0.25, 0.3) is 0 Å². The molecule has 1 heterocycles. The molecule has 0 fully saturated rings. The van der Waals surface area contributed by atoms with Crippen molar-refractivity contribution in [3.8, 4) is 5.69 Å². The number of hydrogen-bond donors (Lipinski definition) is 1. The molecule has 0 aliphatic rings. The van der Waals surface area contributed by atoms with Gasteiger partial charge in [-0.1, -0.05) is 69.7 Å². The third-order valence-corrected chi connectivity index (χ3v) is 4.88. The second-order valence-electron chi connectivity index (χ2n) is 7.97. The van der Waals surface area contributed by atoms with Gasteiger partial charge in [0.15, 0.2) is 0 Å². The molecule has 2 aromatic carbocycles. The van der Waals surface area contributed by atoms with Gasteiger partial charge in [0.1, 0.15) is 5.82 Å². The lowest BCUT2D eigenvalue weighted by Crippen LogP contribution is -2.20. The molecule has 0 bridgehead atoms. The van der Waals surface area contributed by atoms with Gasteiger partial charge < -0.3 is 5.32 Å². The van der Waals surface area contributed by atoms with E-state index in [1.54, 1.807) is 4.68 Å². The minimum absolute atomic E-state index is 0.0372. The van der Waals surface area contributed by atoms with E-state index in [2.05, 4.69) is 55.5 Å². The SMILES string of the molecule is CC.Cc1ccc(-n2nc(C)cc2NC(=O)C(C)c2ccc(CC(C)C)cc2)cc1. The van der Waals surface area contributed by atoms with Crippen molar-refractivity contribution in [2.24, 2.45) is 5.92 Å². The molecule has 1 N–H and O–H groups in total. The fourth-order valence-corrected chi connectivity index (χ4v) is 3.27. The zero-order valence-electron chi connectivity index (χ0n) is 19.4. The van der Waals surface area contributed by atoms with E-state index >= 15 is 0 Å². The van der Waals surface area contributed by atoms with Crippen molar-refractivity contribution in [3.63, 3.8) is 0 Å². The Bertz CT molecular complexity index is 937. The van der Waals surface area contributed by atoms with Crippen LogP contribution in [0.1, 0.15) is 62.9 Å². The molecule has 30 heavy (non-hydrogen) atoms. The largest absolute Gasteiger partial charge is 0.310 e. The van der Waals surface area contributed by atoms with E-state index in [0.717, 1.165) is 23.4 Å². The zero-order chi connectivity index (χ0) is 22.3. The van der Waals surface area contributed by atoms with E-state index in [1.807, 2.05) is 58.0 Å². The number of aromatic nitrogens is 2. The van der Waals surface area contributed by atoms with Crippen molar-refractivity contribution < 1.29 is 4.79 Å². The van der Waals surface area contributed by atoms with E-state index in [4.69, 9.17) is 0 Å². The summed E-state index contributed by atoms with van der Waals surface area (Å²) in [6, 6.07) is 18.4. The highest BCUT2D eigenvalue weighted by molar-refractivity contribution is 5.95. The van der Waals surface area contributed by atoms with Gasteiger partial charge in [-0.15, -0.1) is 0 Å². The van der Waals surface area contributed by atoms with Crippen LogP contribution in [0.25, 0.3) is 5.69 Å². The Labute approximate surface area is 181 Å². The number of amides is 1. The first-order chi connectivity index (χ1) is 14.3. The minimum Gasteiger partial charge on any atom is -0.310 e. The number of carbonyl (C=O) groups is 1. The Balaban J connectivity index is 0.00000155. The van der Waals surface area contributed by atoms with E-state index < -0.39 is 0 Å². The maximum absolute atomic E-state index is 12.9. The molecule has 0 aliphatic heterocycles. The fourth-order valence-electron chi connectivity index (χ4n) is 3.27. The van der Waals surface area contributed by atoms with Crippen molar-refractivity contribution in [3.05, 3.63) is 77.0 Å². The van der Waals surface area contributed by atoms with Gasteiger partial charge in [-0.05, 0) is 56.4 Å². The molecule has 160 valence electrons. The predicted molar refractivity (Wildman–Crippen MR) is 126 cm³/mol. The number of rotatable bonds is 6. The monoisotopic (exact) mass is 405 g/mol. The van der Waals surface area contributed by atoms with Crippen LogP contribution in [0.15, 0.2) is 54.6 Å². The lowest BCUT2D eigenvalue weighted by atomic mass is 9.96. The Kier molecular flexibility index (Phi) is 8.40. The van der Waals surface area contributed by atoms with Gasteiger partial charge in [-0.25, -0.2) is 4.68 Å². The Hall–Kier alpha value is -2.88. The molecule has 1 atom stereocenters. The molecule has 1 aromatic heterocycles. The smallest absolute Gasteiger partial charge is 0.232 e. The highest BCUT2D eigenvalue weighted by Gasteiger charge is 2.18. The highest BCUT2D eigenvalue weighted by Crippen LogP contribution is 2.22. The van der Waals surface area contributed by atoms with Crippen LogP contribution in [0.3, 0.4) is 0 Å². The summed E-state index contributed by atoms with van der Waals surface area (Å²) < 4.78 is 1.78. The molecule has 0 saturated carbocycles. The maximum atomic E-state index is 12.9. The topological polar surface area (TPSA) is 46.9 Å². The van der Waals surface area contributed by atoms with E-state index in [9.17, 15) is 4.79 Å². The molecule has 1 amide bonds.